The van der Waals surface area contributed by atoms with Crippen molar-refractivity contribution in [1.82, 2.24) is 0 Å². The van der Waals surface area contributed by atoms with Crippen LogP contribution in [0, 0.1) is 0 Å². The molecule has 0 amide bonds. The van der Waals surface area contributed by atoms with Crippen LogP contribution in [0.1, 0.15) is 43.6 Å². The third-order valence-electron chi connectivity index (χ3n) is 3.63. The van der Waals surface area contributed by atoms with Gasteiger partial charge >= 0.3 is 0 Å². The molecule has 100 valence electrons. The molecule has 0 radical (unpaired) electrons. The third kappa shape index (κ3) is 3.88. The van der Waals surface area contributed by atoms with Crippen LogP contribution in [0.5, 0.6) is 0 Å². The van der Waals surface area contributed by atoms with Crippen molar-refractivity contribution in [3.63, 3.8) is 0 Å². The smallest absolute Gasteiger partial charge is 0.0576 e. The van der Waals surface area contributed by atoms with Gasteiger partial charge in [0.2, 0.25) is 0 Å². The largest absolute Gasteiger partial charge is 0.378 e. The monoisotopic (exact) mass is 286 g/mol. The van der Waals surface area contributed by atoms with Crippen molar-refractivity contribution in [1.29, 1.82) is 0 Å². The fraction of sp³-hybridized carbons (Fsp3) is 0.600. The second-order valence-electron chi connectivity index (χ2n) is 4.94. The Hall–Kier alpha value is -0.240. The highest BCUT2D eigenvalue weighted by atomic mass is 35.5. The summed E-state index contributed by atoms with van der Waals surface area (Å²) in [5.74, 6) is 0.997. The van der Waals surface area contributed by atoms with E-state index < -0.39 is 0 Å². The molecule has 0 N–H and O–H groups in total. The minimum absolute atomic E-state index is 0.363. The molecular weight excluding hydrogens is 267 g/mol. The molecule has 1 fully saturated rings. The number of alkyl halides is 1. The molecule has 1 heterocycles. The van der Waals surface area contributed by atoms with Gasteiger partial charge in [0, 0.05) is 17.5 Å². The fourth-order valence-corrected chi connectivity index (χ4v) is 3.20. The molecular formula is C15H20Cl2O. The molecule has 1 aromatic carbocycles. The zero-order valence-electron chi connectivity index (χ0n) is 10.6. The lowest BCUT2D eigenvalue weighted by Crippen LogP contribution is -2.07. The van der Waals surface area contributed by atoms with Gasteiger partial charge in [-0.2, -0.15) is 0 Å². The van der Waals surface area contributed by atoms with Gasteiger partial charge in [0.1, 0.15) is 0 Å². The van der Waals surface area contributed by atoms with Crippen molar-refractivity contribution in [3.8, 4) is 0 Å². The van der Waals surface area contributed by atoms with Crippen LogP contribution in [0.15, 0.2) is 24.3 Å². The first-order valence-electron chi connectivity index (χ1n) is 6.73. The summed E-state index contributed by atoms with van der Waals surface area (Å²) < 4.78 is 5.64. The summed E-state index contributed by atoms with van der Waals surface area (Å²) in [6, 6.07) is 8.02. The third-order valence-corrected chi connectivity index (χ3v) is 4.35. The molecule has 0 aromatic heterocycles. The molecule has 1 nitrogen and oxygen atoms in total. The standard InChI is InChI=1S/C15H20Cl2O/c16-11-12(14-8-1-2-9-15(14)17)5-3-6-13-7-4-10-18-13/h1-2,8-9,12-13H,3-7,10-11H2. The summed E-state index contributed by atoms with van der Waals surface area (Å²) in [4.78, 5) is 0. The molecule has 2 atom stereocenters. The van der Waals surface area contributed by atoms with Crippen molar-refractivity contribution in [2.24, 2.45) is 0 Å². The summed E-state index contributed by atoms with van der Waals surface area (Å²) >= 11 is 12.3. The number of benzene rings is 1. The first-order chi connectivity index (χ1) is 8.81. The van der Waals surface area contributed by atoms with E-state index in [1.165, 1.54) is 18.4 Å². The average molecular weight is 287 g/mol. The Kier molecular flexibility index (Phi) is 5.81. The van der Waals surface area contributed by atoms with Crippen molar-refractivity contribution in [3.05, 3.63) is 34.9 Å². The predicted molar refractivity (Wildman–Crippen MR) is 77.7 cm³/mol. The zero-order chi connectivity index (χ0) is 12.8. The Labute approximate surface area is 119 Å². The summed E-state index contributed by atoms with van der Waals surface area (Å²) in [5.41, 5.74) is 1.18. The van der Waals surface area contributed by atoms with Crippen molar-refractivity contribution in [2.75, 3.05) is 12.5 Å². The zero-order valence-corrected chi connectivity index (χ0v) is 12.1. The highest BCUT2D eigenvalue weighted by Crippen LogP contribution is 2.30. The van der Waals surface area contributed by atoms with Crippen molar-refractivity contribution in [2.45, 2.75) is 44.1 Å². The van der Waals surface area contributed by atoms with Crippen LogP contribution in [-0.2, 0) is 4.74 Å². The molecule has 2 unspecified atom stereocenters. The van der Waals surface area contributed by atoms with Crippen LogP contribution < -0.4 is 0 Å². The van der Waals surface area contributed by atoms with E-state index in [9.17, 15) is 0 Å². The van der Waals surface area contributed by atoms with E-state index >= 15 is 0 Å². The van der Waals surface area contributed by atoms with Gasteiger partial charge < -0.3 is 4.74 Å². The normalized spacial score (nSPS) is 21.1. The van der Waals surface area contributed by atoms with Crippen LogP contribution in [-0.4, -0.2) is 18.6 Å². The maximum Gasteiger partial charge on any atom is 0.0576 e. The molecule has 0 spiro atoms. The Morgan fingerprint density at radius 1 is 1.33 bits per heavy atom. The second-order valence-corrected chi connectivity index (χ2v) is 5.65. The fourth-order valence-electron chi connectivity index (χ4n) is 2.59. The quantitative estimate of drug-likeness (QED) is 0.668. The molecule has 0 bridgehead atoms. The first kappa shape index (κ1) is 14.2. The molecule has 2 rings (SSSR count). The van der Waals surface area contributed by atoms with Gasteiger partial charge in [-0.15, -0.1) is 11.6 Å². The van der Waals surface area contributed by atoms with Gasteiger partial charge in [-0.1, -0.05) is 36.2 Å². The average Bonchev–Trinajstić information content (AvgIpc) is 2.89. The molecule has 0 saturated carbocycles. The molecule has 1 aliphatic heterocycles. The van der Waals surface area contributed by atoms with Gasteiger partial charge in [0.25, 0.3) is 0 Å². The maximum absolute atomic E-state index is 6.22. The summed E-state index contributed by atoms with van der Waals surface area (Å²) in [5, 5.41) is 0.834. The van der Waals surface area contributed by atoms with Gasteiger partial charge in [-0.25, -0.2) is 0 Å². The molecule has 18 heavy (non-hydrogen) atoms. The van der Waals surface area contributed by atoms with E-state index in [0.717, 1.165) is 30.9 Å². The number of hydrogen-bond acceptors (Lipinski definition) is 1. The van der Waals surface area contributed by atoms with E-state index in [1.54, 1.807) is 0 Å². The highest BCUT2D eigenvalue weighted by molar-refractivity contribution is 6.31. The van der Waals surface area contributed by atoms with Gasteiger partial charge in [0.15, 0.2) is 0 Å². The lowest BCUT2D eigenvalue weighted by Gasteiger charge is -2.17. The molecule has 1 aliphatic rings. The predicted octanol–water partition coefficient (Wildman–Crippen LogP) is 5.01. The Morgan fingerprint density at radius 2 is 2.17 bits per heavy atom. The number of halogens is 2. The van der Waals surface area contributed by atoms with Gasteiger partial charge in [0.05, 0.1) is 6.10 Å². The van der Waals surface area contributed by atoms with Crippen LogP contribution in [0.2, 0.25) is 5.02 Å². The van der Waals surface area contributed by atoms with E-state index in [2.05, 4.69) is 6.07 Å². The van der Waals surface area contributed by atoms with E-state index in [0.29, 0.717) is 17.9 Å². The molecule has 1 saturated heterocycles. The minimum atomic E-state index is 0.363. The van der Waals surface area contributed by atoms with Crippen LogP contribution in [0.3, 0.4) is 0 Å². The lowest BCUT2D eigenvalue weighted by molar-refractivity contribution is 0.102. The van der Waals surface area contributed by atoms with Gasteiger partial charge in [-0.3, -0.25) is 0 Å². The van der Waals surface area contributed by atoms with E-state index in [4.69, 9.17) is 27.9 Å². The second kappa shape index (κ2) is 7.37. The SMILES string of the molecule is ClCC(CCCC1CCCO1)c1ccccc1Cl. The maximum atomic E-state index is 6.22. The molecule has 0 aliphatic carbocycles. The van der Waals surface area contributed by atoms with Crippen molar-refractivity contribution >= 4 is 23.2 Å². The minimum Gasteiger partial charge on any atom is -0.378 e. The van der Waals surface area contributed by atoms with Gasteiger partial charge in [-0.05, 0) is 43.2 Å². The Morgan fingerprint density at radius 3 is 2.83 bits per heavy atom. The first-order valence-corrected chi connectivity index (χ1v) is 7.64. The summed E-state index contributed by atoms with van der Waals surface area (Å²) in [6.45, 7) is 0.939. The van der Waals surface area contributed by atoms with Crippen LogP contribution >= 0.6 is 23.2 Å². The molecule has 1 aromatic rings. The molecule has 3 heteroatoms. The topological polar surface area (TPSA) is 9.23 Å². The number of hydrogen-bond donors (Lipinski definition) is 0. The highest BCUT2D eigenvalue weighted by Gasteiger charge is 2.17. The Balaban J connectivity index is 1.83. The summed E-state index contributed by atoms with van der Waals surface area (Å²) in [6.07, 6.45) is 6.32. The van der Waals surface area contributed by atoms with Crippen molar-refractivity contribution < 1.29 is 4.74 Å². The number of rotatable bonds is 6. The van der Waals surface area contributed by atoms with E-state index in [1.807, 2.05) is 18.2 Å². The van der Waals surface area contributed by atoms with Crippen LogP contribution in [0.25, 0.3) is 0 Å². The lowest BCUT2D eigenvalue weighted by atomic mass is 9.94. The van der Waals surface area contributed by atoms with E-state index in [-0.39, 0.29) is 0 Å². The Bertz CT molecular complexity index is 361. The summed E-state index contributed by atoms with van der Waals surface area (Å²) in [7, 11) is 0. The van der Waals surface area contributed by atoms with Crippen LogP contribution in [0.4, 0.5) is 0 Å². The number of ether oxygens (including phenoxy) is 1.